The summed E-state index contributed by atoms with van der Waals surface area (Å²) in [5.41, 5.74) is 0. The van der Waals surface area contributed by atoms with E-state index in [9.17, 15) is 14.4 Å². The smallest absolute Gasteiger partial charge is 0.306 e. The van der Waals surface area contributed by atoms with Crippen molar-refractivity contribution in [1.82, 2.24) is 0 Å². The predicted octanol–water partition coefficient (Wildman–Crippen LogP) is 20.6. The molecule has 0 spiro atoms. The Hall–Kier alpha value is -2.63. The molecule has 0 aliphatic carbocycles. The first-order valence-corrected chi connectivity index (χ1v) is 30.6. The molecule has 0 bridgehead atoms. The van der Waals surface area contributed by atoms with Crippen molar-refractivity contribution in [2.24, 2.45) is 0 Å². The Balaban J connectivity index is 4.22. The van der Waals surface area contributed by atoms with E-state index >= 15 is 0 Å². The molecule has 0 heterocycles. The maximum atomic E-state index is 12.9. The second-order valence-corrected chi connectivity index (χ2v) is 20.6. The minimum absolute atomic E-state index is 0.0747. The Morgan fingerprint density at radius 2 is 0.543 bits per heavy atom. The molecule has 0 aromatic rings. The lowest BCUT2D eigenvalue weighted by Gasteiger charge is -2.18. The van der Waals surface area contributed by atoms with Gasteiger partial charge in [-0.1, -0.05) is 275 Å². The van der Waals surface area contributed by atoms with Crippen LogP contribution in [0.5, 0.6) is 0 Å². The first kappa shape index (κ1) is 67.4. The van der Waals surface area contributed by atoms with Crippen LogP contribution in [-0.2, 0) is 28.6 Å². The molecule has 0 saturated heterocycles. The molecule has 0 aromatic heterocycles. The van der Waals surface area contributed by atoms with Gasteiger partial charge in [-0.25, -0.2) is 0 Å². The van der Waals surface area contributed by atoms with Crippen molar-refractivity contribution in [1.29, 1.82) is 0 Å². The van der Waals surface area contributed by atoms with E-state index in [0.717, 1.165) is 83.5 Å². The fourth-order valence-electron chi connectivity index (χ4n) is 8.92. The minimum Gasteiger partial charge on any atom is -0.462 e. The van der Waals surface area contributed by atoms with Crippen LogP contribution in [0.2, 0.25) is 0 Å². The van der Waals surface area contributed by atoms with E-state index in [1.807, 2.05) is 0 Å². The van der Waals surface area contributed by atoms with Gasteiger partial charge >= 0.3 is 17.9 Å². The summed E-state index contributed by atoms with van der Waals surface area (Å²) >= 11 is 0. The molecule has 0 rings (SSSR count). The van der Waals surface area contributed by atoms with Crippen LogP contribution in [0.3, 0.4) is 0 Å². The summed E-state index contributed by atoms with van der Waals surface area (Å²) in [5, 5.41) is 0. The molecule has 6 heteroatoms. The fraction of sp³-hybridized carbons (Fsp3) is 0.828. The van der Waals surface area contributed by atoms with E-state index in [-0.39, 0.29) is 31.1 Å². The van der Waals surface area contributed by atoms with Gasteiger partial charge in [0.05, 0.1) is 0 Å². The van der Waals surface area contributed by atoms with Crippen LogP contribution < -0.4 is 0 Å². The van der Waals surface area contributed by atoms with Crippen molar-refractivity contribution in [3.8, 4) is 0 Å². The average Bonchev–Trinajstić information content (AvgIpc) is 3.36. The lowest BCUT2D eigenvalue weighted by Crippen LogP contribution is -2.30. The van der Waals surface area contributed by atoms with Gasteiger partial charge in [0.1, 0.15) is 13.2 Å². The Morgan fingerprint density at radius 3 is 0.871 bits per heavy atom. The number of hydrogen-bond acceptors (Lipinski definition) is 6. The van der Waals surface area contributed by atoms with Crippen molar-refractivity contribution < 1.29 is 28.6 Å². The van der Waals surface area contributed by atoms with Crippen LogP contribution >= 0.6 is 0 Å². The molecule has 0 amide bonds. The lowest BCUT2D eigenvalue weighted by atomic mass is 10.0. The Kier molecular flexibility index (Phi) is 56.7. The number of allylic oxidation sites excluding steroid dienone is 8. The molecule has 0 fully saturated rings. The zero-order valence-electron chi connectivity index (χ0n) is 46.8. The van der Waals surface area contributed by atoms with Crippen molar-refractivity contribution in [3.05, 3.63) is 48.6 Å². The maximum Gasteiger partial charge on any atom is 0.306 e. The van der Waals surface area contributed by atoms with Crippen molar-refractivity contribution in [3.63, 3.8) is 0 Å². The van der Waals surface area contributed by atoms with Crippen molar-refractivity contribution >= 4 is 17.9 Å². The largest absolute Gasteiger partial charge is 0.462 e. The highest BCUT2D eigenvalue weighted by Crippen LogP contribution is 2.17. The van der Waals surface area contributed by atoms with Crippen LogP contribution in [0.4, 0.5) is 0 Å². The molecule has 0 radical (unpaired) electrons. The number of unbranched alkanes of at least 4 members (excludes halogenated alkanes) is 37. The van der Waals surface area contributed by atoms with E-state index in [4.69, 9.17) is 14.2 Å². The van der Waals surface area contributed by atoms with Crippen LogP contribution in [0, 0.1) is 0 Å². The Labute approximate surface area is 435 Å². The van der Waals surface area contributed by atoms with Gasteiger partial charge < -0.3 is 14.2 Å². The molecular formula is C64H116O6. The number of ether oxygens (including phenoxy) is 3. The summed E-state index contributed by atoms with van der Waals surface area (Å²) in [6, 6.07) is 0. The van der Waals surface area contributed by atoms with E-state index in [0.29, 0.717) is 19.3 Å². The number of esters is 3. The highest BCUT2D eigenvalue weighted by Gasteiger charge is 2.19. The Bertz CT molecular complexity index is 1220. The predicted molar refractivity (Wildman–Crippen MR) is 302 cm³/mol. The maximum absolute atomic E-state index is 12.9. The molecule has 0 N–H and O–H groups in total. The summed E-state index contributed by atoms with van der Waals surface area (Å²) in [6.07, 6.45) is 72.6. The summed E-state index contributed by atoms with van der Waals surface area (Å²) in [7, 11) is 0. The molecule has 6 nitrogen and oxygen atoms in total. The quantitative estimate of drug-likeness (QED) is 0.0261. The second-order valence-electron chi connectivity index (χ2n) is 20.6. The third-order valence-corrected chi connectivity index (χ3v) is 13.5. The SMILES string of the molecule is CCC/C=C\CCCCCCCC(=O)OCC(COC(=O)CCCCCCCCCCCC/C=C\C/C=C\C/C=C\CCCCCCC)OC(=O)CCCCCCCCCCCCCCCCCCC. The zero-order valence-corrected chi connectivity index (χ0v) is 46.8. The van der Waals surface area contributed by atoms with Gasteiger partial charge in [0, 0.05) is 19.3 Å². The summed E-state index contributed by atoms with van der Waals surface area (Å²) in [4.78, 5) is 38.1. The van der Waals surface area contributed by atoms with E-state index in [1.54, 1.807) is 0 Å². The van der Waals surface area contributed by atoms with Crippen LogP contribution in [0.1, 0.15) is 323 Å². The number of carbonyl (C=O) groups is 3. The van der Waals surface area contributed by atoms with Gasteiger partial charge in [-0.05, 0) is 77.0 Å². The third kappa shape index (κ3) is 56.3. The van der Waals surface area contributed by atoms with Gasteiger partial charge in [-0.3, -0.25) is 14.4 Å². The fourth-order valence-corrected chi connectivity index (χ4v) is 8.92. The molecule has 1 unspecified atom stereocenters. The van der Waals surface area contributed by atoms with E-state index < -0.39 is 6.10 Å². The lowest BCUT2D eigenvalue weighted by molar-refractivity contribution is -0.167. The van der Waals surface area contributed by atoms with E-state index in [1.165, 1.54) is 199 Å². The minimum atomic E-state index is -0.775. The molecule has 0 aromatic carbocycles. The average molecular weight is 982 g/mol. The molecule has 408 valence electrons. The van der Waals surface area contributed by atoms with Gasteiger partial charge in [-0.2, -0.15) is 0 Å². The van der Waals surface area contributed by atoms with Gasteiger partial charge in [-0.15, -0.1) is 0 Å². The summed E-state index contributed by atoms with van der Waals surface area (Å²) < 4.78 is 16.9. The molecule has 0 aliphatic rings. The highest BCUT2D eigenvalue weighted by atomic mass is 16.6. The molecule has 0 aliphatic heterocycles. The standard InChI is InChI=1S/C64H116O6/c1-4-7-10-13-16-19-22-24-26-28-29-30-31-32-33-34-35-37-38-40-42-45-48-51-54-57-63(66)69-60-61(59-68-62(65)56-53-50-47-44-21-18-15-12-9-6-3)70-64(67)58-55-52-49-46-43-41-39-36-27-25-23-20-17-14-11-8-5-2/h12,15,22,24,28-29,31-32,61H,4-11,13-14,16-21,23,25-27,30,33-60H2,1-3H3/b15-12-,24-22-,29-28-,32-31-. The van der Waals surface area contributed by atoms with Gasteiger partial charge in [0.25, 0.3) is 0 Å². The monoisotopic (exact) mass is 981 g/mol. The number of carbonyl (C=O) groups excluding carboxylic acids is 3. The highest BCUT2D eigenvalue weighted by molar-refractivity contribution is 5.71. The summed E-state index contributed by atoms with van der Waals surface area (Å²) in [6.45, 7) is 6.60. The van der Waals surface area contributed by atoms with Crippen LogP contribution in [0.15, 0.2) is 48.6 Å². The van der Waals surface area contributed by atoms with Crippen LogP contribution in [0.25, 0.3) is 0 Å². The van der Waals surface area contributed by atoms with Crippen LogP contribution in [-0.4, -0.2) is 37.2 Å². The first-order chi connectivity index (χ1) is 34.5. The summed E-state index contributed by atoms with van der Waals surface area (Å²) in [5.74, 6) is -0.872. The van der Waals surface area contributed by atoms with Crippen molar-refractivity contribution in [2.45, 2.75) is 329 Å². The van der Waals surface area contributed by atoms with Gasteiger partial charge in [0.2, 0.25) is 0 Å². The topological polar surface area (TPSA) is 78.9 Å². The first-order valence-electron chi connectivity index (χ1n) is 30.6. The Morgan fingerprint density at radius 1 is 0.286 bits per heavy atom. The molecule has 0 saturated carbocycles. The second kappa shape index (κ2) is 58.9. The normalized spacial score (nSPS) is 12.3. The number of hydrogen-bond donors (Lipinski definition) is 0. The zero-order chi connectivity index (χ0) is 50.7. The molecule has 70 heavy (non-hydrogen) atoms. The molecular weight excluding hydrogens is 865 g/mol. The third-order valence-electron chi connectivity index (χ3n) is 13.5. The van der Waals surface area contributed by atoms with E-state index in [2.05, 4.69) is 69.4 Å². The van der Waals surface area contributed by atoms with Crippen molar-refractivity contribution in [2.75, 3.05) is 13.2 Å². The molecule has 1 atom stereocenters. The number of rotatable bonds is 56. The van der Waals surface area contributed by atoms with Gasteiger partial charge in [0.15, 0.2) is 6.10 Å².